The van der Waals surface area contributed by atoms with Crippen molar-refractivity contribution >= 4 is 5.91 Å². The van der Waals surface area contributed by atoms with E-state index in [4.69, 9.17) is 5.73 Å². The molecule has 0 aromatic rings. The van der Waals surface area contributed by atoms with Crippen molar-refractivity contribution in [2.75, 3.05) is 13.1 Å². The fraction of sp³-hybridized carbons (Fsp3) is 0.909. The van der Waals surface area contributed by atoms with Gasteiger partial charge in [0.1, 0.15) is 0 Å². The van der Waals surface area contributed by atoms with Gasteiger partial charge in [-0.3, -0.25) is 4.79 Å². The molecule has 1 atom stereocenters. The Labute approximate surface area is 85.4 Å². The van der Waals surface area contributed by atoms with E-state index in [-0.39, 0.29) is 11.3 Å². The zero-order valence-electron chi connectivity index (χ0n) is 8.88. The summed E-state index contributed by atoms with van der Waals surface area (Å²) in [6, 6.07) is 0. The molecule has 0 aromatic heterocycles. The molecular formula is C11H20N2O. The van der Waals surface area contributed by atoms with Crippen molar-refractivity contribution < 1.29 is 4.79 Å². The van der Waals surface area contributed by atoms with Gasteiger partial charge in [0.2, 0.25) is 5.91 Å². The quantitative estimate of drug-likeness (QED) is 0.686. The molecule has 2 rings (SSSR count). The van der Waals surface area contributed by atoms with E-state index in [9.17, 15) is 4.79 Å². The lowest BCUT2D eigenvalue weighted by atomic mass is 10.0. The highest BCUT2D eigenvalue weighted by Crippen LogP contribution is 2.44. The van der Waals surface area contributed by atoms with Crippen LogP contribution in [0.15, 0.2) is 0 Å². The monoisotopic (exact) mass is 196 g/mol. The van der Waals surface area contributed by atoms with Crippen LogP contribution in [0.25, 0.3) is 0 Å². The van der Waals surface area contributed by atoms with Gasteiger partial charge >= 0.3 is 0 Å². The van der Waals surface area contributed by atoms with Gasteiger partial charge in [-0.05, 0) is 37.5 Å². The fourth-order valence-corrected chi connectivity index (χ4v) is 1.95. The Hall–Kier alpha value is -0.570. The maximum atomic E-state index is 11.7. The van der Waals surface area contributed by atoms with Gasteiger partial charge in [-0.15, -0.1) is 0 Å². The average Bonchev–Trinajstić information content (AvgIpc) is 3.06. The van der Waals surface area contributed by atoms with Crippen molar-refractivity contribution in [3.8, 4) is 0 Å². The van der Waals surface area contributed by atoms with Crippen LogP contribution in [-0.2, 0) is 4.79 Å². The lowest BCUT2D eigenvalue weighted by molar-refractivity contribution is -0.126. The molecule has 1 amide bonds. The van der Waals surface area contributed by atoms with Gasteiger partial charge < -0.3 is 11.1 Å². The third-order valence-electron chi connectivity index (χ3n) is 3.74. The molecule has 3 N–H and O–H groups in total. The fourth-order valence-electron chi connectivity index (χ4n) is 1.95. The molecule has 2 aliphatic carbocycles. The Morgan fingerprint density at radius 1 is 1.57 bits per heavy atom. The summed E-state index contributed by atoms with van der Waals surface area (Å²) in [7, 11) is 0. The molecule has 2 fully saturated rings. The molecule has 0 radical (unpaired) electrons. The standard InChI is InChI=1S/C11H20N2O/c1-8(9-2-3-9)6-13-10(14)11(7-12)4-5-11/h8-9H,2-7,12H2,1H3,(H,13,14). The largest absolute Gasteiger partial charge is 0.355 e. The summed E-state index contributed by atoms with van der Waals surface area (Å²) in [4.78, 5) is 11.7. The number of nitrogens with one attached hydrogen (secondary N) is 1. The summed E-state index contributed by atoms with van der Waals surface area (Å²) >= 11 is 0. The summed E-state index contributed by atoms with van der Waals surface area (Å²) < 4.78 is 0. The highest BCUT2D eigenvalue weighted by atomic mass is 16.2. The number of hydrogen-bond donors (Lipinski definition) is 2. The Bertz CT molecular complexity index is 231. The van der Waals surface area contributed by atoms with Crippen molar-refractivity contribution in [1.29, 1.82) is 0 Å². The van der Waals surface area contributed by atoms with Crippen LogP contribution in [0.3, 0.4) is 0 Å². The molecule has 3 heteroatoms. The second-order valence-electron chi connectivity index (χ2n) is 5.01. The van der Waals surface area contributed by atoms with Crippen LogP contribution in [0.1, 0.15) is 32.6 Å². The van der Waals surface area contributed by atoms with Gasteiger partial charge in [-0.25, -0.2) is 0 Å². The highest BCUT2D eigenvalue weighted by Gasteiger charge is 2.48. The topological polar surface area (TPSA) is 55.1 Å². The zero-order chi connectivity index (χ0) is 10.2. The van der Waals surface area contributed by atoms with E-state index in [1.165, 1.54) is 12.8 Å². The molecule has 80 valence electrons. The van der Waals surface area contributed by atoms with Crippen molar-refractivity contribution in [3.05, 3.63) is 0 Å². The number of rotatable bonds is 5. The summed E-state index contributed by atoms with van der Waals surface area (Å²) in [5.74, 6) is 1.70. The van der Waals surface area contributed by atoms with Gasteiger partial charge in [-0.2, -0.15) is 0 Å². The van der Waals surface area contributed by atoms with Crippen LogP contribution in [0.4, 0.5) is 0 Å². The van der Waals surface area contributed by atoms with Crippen molar-refractivity contribution in [1.82, 2.24) is 5.32 Å². The van der Waals surface area contributed by atoms with E-state index in [2.05, 4.69) is 12.2 Å². The molecule has 0 aromatic carbocycles. The maximum Gasteiger partial charge on any atom is 0.227 e. The van der Waals surface area contributed by atoms with E-state index in [0.717, 1.165) is 25.3 Å². The minimum Gasteiger partial charge on any atom is -0.355 e. The molecule has 1 unspecified atom stereocenters. The highest BCUT2D eigenvalue weighted by molar-refractivity contribution is 5.85. The maximum absolute atomic E-state index is 11.7. The van der Waals surface area contributed by atoms with Crippen LogP contribution in [-0.4, -0.2) is 19.0 Å². The van der Waals surface area contributed by atoms with E-state index in [1.807, 2.05) is 0 Å². The van der Waals surface area contributed by atoms with E-state index in [1.54, 1.807) is 0 Å². The van der Waals surface area contributed by atoms with Gasteiger partial charge in [0.25, 0.3) is 0 Å². The second kappa shape index (κ2) is 3.54. The van der Waals surface area contributed by atoms with E-state index in [0.29, 0.717) is 12.5 Å². The molecule has 3 nitrogen and oxygen atoms in total. The Morgan fingerprint density at radius 3 is 2.64 bits per heavy atom. The third-order valence-corrected chi connectivity index (χ3v) is 3.74. The third kappa shape index (κ3) is 1.92. The Kier molecular flexibility index (Phi) is 2.52. The van der Waals surface area contributed by atoms with E-state index >= 15 is 0 Å². The van der Waals surface area contributed by atoms with Gasteiger partial charge in [0, 0.05) is 13.1 Å². The molecule has 2 aliphatic rings. The van der Waals surface area contributed by atoms with Crippen LogP contribution in [0.2, 0.25) is 0 Å². The lowest BCUT2D eigenvalue weighted by Crippen LogP contribution is -2.38. The van der Waals surface area contributed by atoms with Crippen LogP contribution < -0.4 is 11.1 Å². The number of amides is 1. The predicted octanol–water partition coefficient (Wildman–Crippen LogP) is 0.888. The Balaban J connectivity index is 1.72. The van der Waals surface area contributed by atoms with Crippen LogP contribution in [0, 0.1) is 17.3 Å². The zero-order valence-corrected chi connectivity index (χ0v) is 8.88. The minimum absolute atomic E-state index is 0.177. The normalized spacial score (nSPS) is 25.6. The van der Waals surface area contributed by atoms with Crippen LogP contribution >= 0.6 is 0 Å². The summed E-state index contributed by atoms with van der Waals surface area (Å²) in [6.07, 6.45) is 4.65. The SMILES string of the molecule is CC(CNC(=O)C1(CN)CC1)C1CC1. The van der Waals surface area contributed by atoms with Gasteiger partial charge in [0.15, 0.2) is 0 Å². The molecule has 0 heterocycles. The molecule has 0 aliphatic heterocycles. The molecule has 14 heavy (non-hydrogen) atoms. The summed E-state index contributed by atoms with van der Waals surface area (Å²) in [5, 5.41) is 3.04. The van der Waals surface area contributed by atoms with Gasteiger partial charge in [-0.1, -0.05) is 6.92 Å². The van der Waals surface area contributed by atoms with Crippen molar-refractivity contribution in [3.63, 3.8) is 0 Å². The first-order valence-electron chi connectivity index (χ1n) is 5.66. The van der Waals surface area contributed by atoms with Crippen molar-refractivity contribution in [2.45, 2.75) is 32.6 Å². The minimum atomic E-state index is -0.177. The summed E-state index contributed by atoms with van der Waals surface area (Å²) in [5.41, 5.74) is 5.41. The van der Waals surface area contributed by atoms with Gasteiger partial charge in [0.05, 0.1) is 5.41 Å². The molecule has 2 saturated carbocycles. The van der Waals surface area contributed by atoms with Crippen LogP contribution in [0.5, 0.6) is 0 Å². The average molecular weight is 196 g/mol. The number of hydrogen-bond acceptors (Lipinski definition) is 2. The molecule has 0 spiro atoms. The molecular weight excluding hydrogens is 176 g/mol. The number of carbonyl (C=O) groups excluding carboxylic acids is 1. The van der Waals surface area contributed by atoms with E-state index < -0.39 is 0 Å². The second-order valence-corrected chi connectivity index (χ2v) is 5.01. The Morgan fingerprint density at radius 2 is 2.21 bits per heavy atom. The van der Waals surface area contributed by atoms with Crippen molar-refractivity contribution in [2.24, 2.45) is 23.0 Å². The first kappa shape index (κ1) is 9.97. The number of nitrogens with two attached hydrogens (primary N) is 1. The first-order chi connectivity index (χ1) is 6.68. The lowest BCUT2D eigenvalue weighted by Gasteiger charge is -2.15. The number of carbonyl (C=O) groups is 1. The first-order valence-corrected chi connectivity index (χ1v) is 5.66. The smallest absolute Gasteiger partial charge is 0.227 e. The molecule has 0 bridgehead atoms. The summed E-state index contributed by atoms with van der Waals surface area (Å²) in [6.45, 7) is 3.57. The molecule has 0 saturated heterocycles. The predicted molar refractivity (Wildman–Crippen MR) is 55.6 cm³/mol.